The second-order valence-corrected chi connectivity index (χ2v) is 8.49. The number of guanidine groups is 1. The van der Waals surface area contributed by atoms with Crippen molar-refractivity contribution in [3.63, 3.8) is 0 Å². The highest BCUT2D eigenvalue weighted by Crippen LogP contribution is 2.09. The van der Waals surface area contributed by atoms with Crippen LogP contribution in [0.25, 0.3) is 0 Å². The minimum atomic E-state index is -0.653. The molecule has 0 unspecified atom stereocenters. The lowest BCUT2D eigenvalue weighted by Crippen LogP contribution is -3.00. The number of unbranched alkanes of at least 4 members (excludes halogenated alkanes) is 7. The maximum atomic E-state index is 12.5. The van der Waals surface area contributed by atoms with Crippen LogP contribution in [0.15, 0.2) is 0 Å². The van der Waals surface area contributed by atoms with Gasteiger partial charge in [0.15, 0.2) is 0 Å². The maximum absolute atomic E-state index is 12.5. The van der Waals surface area contributed by atoms with Crippen LogP contribution in [-0.4, -0.2) is 42.7 Å². The number of ether oxygens (including phenoxy) is 1. The van der Waals surface area contributed by atoms with Gasteiger partial charge in [0, 0.05) is 6.54 Å². The summed E-state index contributed by atoms with van der Waals surface area (Å²) in [5, 5.41) is 5.60. The van der Waals surface area contributed by atoms with Gasteiger partial charge in [-0.3, -0.25) is 21.3 Å². The second kappa shape index (κ2) is 18.1. The predicted octanol–water partition coefficient (Wildman–Crippen LogP) is -1.73. The Morgan fingerprint density at radius 1 is 0.967 bits per heavy atom. The van der Waals surface area contributed by atoms with E-state index in [1.165, 1.54) is 38.5 Å². The van der Waals surface area contributed by atoms with E-state index >= 15 is 0 Å². The molecule has 8 nitrogen and oxygen atoms in total. The van der Waals surface area contributed by atoms with Gasteiger partial charge in [-0.05, 0) is 40.0 Å². The third-order valence-electron chi connectivity index (χ3n) is 4.34. The number of hydrogen-bond acceptors (Lipinski definition) is 3. The van der Waals surface area contributed by atoms with Crippen LogP contribution in [0.5, 0.6) is 0 Å². The molecule has 2 amide bonds. The van der Waals surface area contributed by atoms with Crippen LogP contribution in [0.1, 0.15) is 91.9 Å². The number of alkyl carbamates (subject to hydrolysis) is 1. The van der Waals surface area contributed by atoms with E-state index in [9.17, 15) is 9.59 Å². The standard InChI is InChI=1S/C21H43N5O3.ClH/c1-5-6-7-8-9-10-11-12-15-24-18(27)17(14-13-16-25-19(22)23)26-20(28)29-21(2,3)4;/h17H,5-16H2,1-4H3,(H,24,27)(H,26,28)(H4,22,23,25);1H/t17-;/m0./s1. The average Bonchev–Trinajstić information content (AvgIpc) is 2.61. The molecule has 0 saturated heterocycles. The number of rotatable bonds is 15. The van der Waals surface area contributed by atoms with Gasteiger partial charge in [-0.2, -0.15) is 0 Å². The smallest absolute Gasteiger partial charge is 0.408 e. The van der Waals surface area contributed by atoms with Gasteiger partial charge in [0.25, 0.3) is 0 Å². The minimum absolute atomic E-state index is 0. The third kappa shape index (κ3) is 19.6. The van der Waals surface area contributed by atoms with Crippen molar-refractivity contribution >= 4 is 18.0 Å². The van der Waals surface area contributed by atoms with Crippen molar-refractivity contribution in [1.29, 1.82) is 0 Å². The van der Waals surface area contributed by atoms with Gasteiger partial charge in [0.05, 0.1) is 6.54 Å². The summed E-state index contributed by atoms with van der Waals surface area (Å²) in [5.41, 5.74) is 10.1. The van der Waals surface area contributed by atoms with Gasteiger partial charge in [0.2, 0.25) is 5.91 Å². The SMILES string of the molecule is CCCCCCCCCCNC(=O)[C@H](CCC[NH+]=C(N)N)NC(=O)OC(C)(C)C.[Cl-]. The molecular formula is C21H44ClN5O3. The van der Waals surface area contributed by atoms with Crippen LogP contribution in [0, 0.1) is 0 Å². The zero-order valence-corrected chi connectivity index (χ0v) is 20.1. The minimum Gasteiger partial charge on any atom is -1.00 e. The molecule has 0 heterocycles. The first-order valence-corrected chi connectivity index (χ1v) is 11.0. The molecule has 0 radical (unpaired) electrons. The summed E-state index contributed by atoms with van der Waals surface area (Å²) in [6.45, 7) is 8.72. The van der Waals surface area contributed by atoms with Crippen molar-refractivity contribution in [2.75, 3.05) is 13.1 Å². The predicted molar refractivity (Wildman–Crippen MR) is 117 cm³/mol. The molecule has 7 N–H and O–H groups in total. The molecule has 0 aromatic heterocycles. The molecular weight excluding hydrogens is 406 g/mol. The first-order valence-electron chi connectivity index (χ1n) is 11.0. The van der Waals surface area contributed by atoms with Crippen LogP contribution in [0.3, 0.4) is 0 Å². The zero-order valence-electron chi connectivity index (χ0n) is 19.3. The monoisotopic (exact) mass is 449 g/mol. The molecule has 0 aromatic rings. The molecule has 0 spiro atoms. The topological polar surface area (TPSA) is 133 Å². The lowest BCUT2D eigenvalue weighted by molar-refractivity contribution is -0.459. The molecule has 0 aliphatic rings. The van der Waals surface area contributed by atoms with E-state index in [0.717, 1.165) is 12.8 Å². The number of amides is 2. The fraction of sp³-hybridized carbons (Fsp3) is 0.857. The van der Waals surface area contributed by atoms with E-state index in [1.54, 1.807) is 20.8 Å². The summed E-state index contributed by atoms with van der Waals surface area (Å²) < 4.78 is 5.27. The van der Waals surface area contributed by atoms with Crippen molar-refractivity contribution in [2.24, 2.45) is 11.5 Å². The highest BCUT2D eigenvalue weighted by atomic mass is 35.5. The van der Waals surface area contributed by atoms with E-state index in [4.69, 9.17) is 16.2 Å². The van der Waals surface area contributed by atoms with Crippen LogP contribution in [0.2, 0.25) is 0 Å². The van der Waals surface area contributed by atoms with Gasteiger partial charge in [-0.25, -0.2) is 4.79 Å². The number of hydrogen-bond donors (Lipinski definition) is 5. The van der Waals surface area contributed by atoms with Crippen molar-refractivity contribution in [3.05, 3.63) is 0 Å². The van der Waals surface area contributed by atoms with Crippen LogP contribution < -0.4 is 39.5 Å². The van der Waals surface area contributed by atoms with Crippen molar-refractivity contribution in [3.8, 4) is 0 Å². The van der Waals surface area contributed by atoms with Crippen LogP contribution >= 0.6 is 0 Å². The van der Waals surface area contributed by atoms with E-state index < -0.39 is 17.7 Å². The van der Waals surface area contributed by atoms with E-state index in [2.05, 4.69) is 22.5 Å². The number of nitrogens with two attached hydrogens (primary N) is 2. The molecule has 0 fully saturated rings. The Balaban J connectivity index is 0. The van der Waals surface area contributed by atoms with Crippen molar-refractivity contribution < 1.29 is 31.7 Å². The summed E-state index contributed by atoms with van der Waals surface area (Å²) in [4.78, 5) is 27.4. The van der Waals surface area contributed by atoms with Gasteiger partial charge in [-0.15, -0.1) is 0 Å². The Bertz CT molecular complexity index is 492. The zero-order chi connectivity index (χ0) is 22.1. The summed E-state index contributed by atoms with van der Waals surface area (Å²) in [7, 11) is 0. The quantitative estimate of drug-likeness (QED) is 0.115. The Kier molecular flexibility index (Phi) is 18.4. The summed E-state index contributed by atoms with van der Waals surface area (Å²) in [6.07, 6.45) is 10.2. The van der Waals surface area contributed by atoms with Crippen LogP contribution in [-0.2, 0) is 9.53 Å². The first kappa shape index (κ1) is 30.5. The summed E-state index contributed by atoms with van der Waals surface area (Å²) >= 11 is 0. The normalized spacial score (nSPS) is 11.7. The van der Waals surface area contributed by atoms with Gasteiger partial charge >= 0.3 is 12.1 Å². The summed E-state index contributed by atoms with van der Waals surface area (Å²) in [6, 6.07) is -0.653. The fourth-order valence-electron chi connectivity index (χ4n) is 2.85. The second-order valence-electron chi connectivity index (χ2n) is 8.49. The maximum Gasteiger partial charge on any atom is 0.408 e. The Morgan fingerprint density at radius 3 is 2.07 bits per heavy atom. The molecule has 30 heavy (non-hydrogen) atoms. The van der Waals surface area contributed by atoms with E-state index in [0.29, 0.717) is 25.9 Å². The number of halogens is 1. The largest absolute Gasteiger partial charge is 1.00 e. The van der Waals surface area contributed by atoms with E-state index in [-0.39, 0.29) is 24.3 Å². The molecule has 1 atom stereocenters. The number of carbonyl (C=O) groups excluding carboxylic acids is 2. The third-order valence-corrected chi connectivity index (χ3v) is 4.34. The highest BCUT2D eigenvalue weighted by Gasteiger charge is 2.23. The molecule has 0 aliphatic carbocycles. The van der Waals surface area contributed by atoms with Crippen molar-refractivity contribution in [1.82, 2.24) is 10.6 Å². The molecule has 0 rings (SSSR count). The lowest BCUT2D eigenvalue weighted by Gasteiger charge is -2.23. The fourth-order valence-corrected chi connectivity index (χ4v) is 2.85. The molecule has 0 aromatic carbocycles. The van der Waals surface area contributed by atoms with Crippen molar-refractivity contribution in [2.45, 2.75) is 104 Å². The Labute approximate surface area is 188 Å². The molecule has 9 heteroatoms. The Morgan fingerprint density at radius 2 is 1.53 bits per heavy atom. The van der Waals surface area contributed by atoms with E-state index in [1.807, 2.05) is 0 Å². The Hall–Kier alpha value is -1.70. The lowest BCUT2D eigenvalue weighted by atomic mass is 10.1. The molecule has 178 valence electrons. The molecule has 0 saturated carbocycles. The molecule has 0 aliphatic heterocycles. The molecule has 0 bridgehead atoms. The summed E-state index contributed by atoms with van der Waals surface area (Å²) in [5.74, 6) is -0.0516. The van der Waals surface area contributed by atoms with Crippen LogP contribution in [0.4, 0.5) is 4.79 Å². The number of carbonyl (C=O) groups is 2. The van der Waals surface area contributed by atoms with Gasteiger partial charge in [0.1, 0.15) is 11.6 Å². The first-order chi connectivity index (χ1) is 13.7. The number of nitrogens with one attached hydrogen (secondary N) is 3. The highest BCUT2D eigenvalue weighted by molar-refractivity contribution is 5.85. The van der Waals surface area contributed by atoms with Gasteiger partial charge in [-0.1, -0.05) is 51.9 Å². The average molecular weight is 450 g/mol. The van der Waals surface area contributed by atoms with Gasteiger partial charge < -0.3 is 27.8 Å².